The molecule has 0 aliphatic heterocycles. The molecule has 4 heteroatoms. The van der Waals surface area contributed by atoms with Gasteiger partial charge in [-0.25, -0.2) is 4.39 Å². The summed E-state index contributed by atoms with van der Waals surface area (Å²) in [7, 11) is 0. The van der Waals surface area contributed by atoms with Crippen molar-refractivity contribution < 1.29 is 9.18 Å². The monoisotopic (exact) mass is 410 g/mol. The molecule has 5 atom stereocenters. The second-order valence-corrected chi connectivity index (χ2v) is 11.5. The lowest BCUT2D eigenvalue weighted by Gasteiger charge is -2.34. The first kappa shape index (κ1) is 21.3. The number of fused-ring (bicyclic) bond motifs is 2. The summed E-state index contributed by atoms with van der Waals surface area (Å²) in [5.41, 5.74) is 2.29. The number of carbonyl (C=O) groups excluding carboxylic acids is 1. The van der Waals surface area contributed by atoms with Crippen molar-refractivity contribution in [3.63, 3.8) is 0 Å². The van der Waals surface area contributed by atoms with Gasteiger partial charge >= 0.3 is 0 Å². The van der Waals surface area contributed by atoms with E-state index in [4.69, 9.17) is 0 Å². The fraction of sp³-hybridized carbons (Fsp3) is 0.615. The Bertz CT molecular complexity index is 961. The molecule has 1 N–H and O–H groups in total. The molecule has 3 nitrogen and oxygen atoms in total. The Morgan fingerprint density at radius 2 is 1.77 bits per heavy atom. The average molecular weight is 411 g/mol. The van der Waals surface area contributed by atoms with E-state index < -0.39 is 0 Å². The zero-order valence-electron chi connectivity index (χ0n) is 19.2. The molecule has 0 radical (unpaired) electrons. The molecule has 4 rings (SSSR count). The molecule has 1 amide bonds. The molecular weight excluding hydrogens is 375 g/mol. The highest BCUT2D eigenvalue weighted by molar-refractivity contribution is 5.82. The van der Waals surface area contributed by atoms with Gasteiger partial charge < -0.3 is 5.32 Å². The maximum Gasteiger partial charge on any atom is 0.223 e. The number of halogens is 1. The van der Waals surface area contributed by atoms with Crippen LogP contribution >= 0.6 is 0 Å². The standard InChI is InChI=1S/C26H35FN2O/c1-16(23(30)29-24(2,3)4)17-12-25(5)14-18(15-26(25,6)13-17)20-9-10-28-22-8-7-19(27)11-21(20)22/h7-11,16-18H,12-15H2,1-6H3,(H,29,30)/t16?,17-,18+,25-,26+. The average Bonchev–Trinajstić information content (AvgIpc) is 3.03. The van der Waals surface area contributed by atoms with Crippen molar-refractivity contribution in [2.45, 2.75) is 78.7 Å². The topological polar surface area (TPSA) is 42.0 Å². The van der Waals surface area contributed by atoms with Crippen molar-refractivity contribution >= 4 is 16.8 Å². The molecule has 0 saturated heterocycles. The van der Waals surface area contributed by atoms with Gasteiger partial charge in [-0.2, -0.15) is 0 Å². The van der Waals surface area contributed by atoms with Gasteiger partial charge in [0.25, 0.3) is 0 Å². The molecular formula is C26H35FN2O. The van der Waals surface area contributed by atoms with E-state index in [2.05, 4.69) is 37.1 Å². The van der Waals surface area contributed by atoms with E-state index in [-0.39, 0.29) is 34.0 Å². The SMILES string of the molecule is CC(C(=O)NC(C)(C)C)[C@@H]1C[C@]2(C)C[C@H](c3ccnc4ccc(F)cc34)C[C@]2(C)C1. The van der Waals surface area contributed by atoms with Crippen molar-refractivity contribution in [1.29, 1.82) is 0 Å². The van der Waals surface area contributed by atoms with Gasteiger partial charge in [-0.05, 0) is 98.9 Å². The quantitative estimate of drug-likeness (QED) is 0.652. The van der Waals surface area contributed by atoms with Crippen molar-refractivity contribution in [3.05, 3.63) is 41.8 Å². The molecule has 1 unspecified atom stereocenters. The molecule has 162 valence electrons. The summed E-state index contributed by atoms with van der Waals surface area (Å²) < 4.78 is 14.0. The minimum Gasteiger partial charge on any atom is -0.351 e. The number of hydrogen-bond acceptors (Lipinski definition) is 2. The van der Waals surface area contributed by atoms with Crippen LogP contribution in [0, 0.1) is 28.5 Å². The first-order valence-electron chi connectivity index (χ1n) is 11.3. The normalized spacial score (nSPS) is 32.2. The summed E-state index contributed by atoms with van der Waals surface area (Å²) in [6.45, 7) is 13.0. The highest BCUT2D eigenvalue weighted by Gasteiger charge is 2.59. The Labute approximate surface area is 179 Å². The number of pyridine rings is 1. The van der Waals surface area contributed by atoms with E-state index in [0.717, 1.165) is 36.6 Å². The Hall–Kier alpha value is -1.97. The van der Waals surface area contributed by atoms with Gasteiger partial charge in [-0.15, -0.1) is 0 Å². The predicted molar refractivity (Wildman–Crippen MR) is 120 cm³/mol. The van der Waals surface area contributed by atoms with Gasteiger partial charge in [0, 0.05) is 23.0 Å². The van der Waals surface area contributed by atoms with Crippen LogP contribution in [0.15, 0.2) is 30.5 Å². The van der Waals surface area contributed by atoms with Crippen LogP contribution in [0.2, 0.25) is 0 Å². The second-order valence-electron chi connectivity index (χ2n) is 11.5. The number of nitrogens with one attached hydrogen (secondary N) is 1. The van der Waals surface area contributed by atoms with Crippen LogP contribution in [0.4, 0.5) is 4.39 Å². The number of hydrogen-bond donors (Lipinski definition) is 1. The third kappa shape index (κ3) is 3.63. The number of aromatic nitrogens is 1. The molecule has 0 bridgehead atoms. The van der Waals surface area contributed by atoms with Gasteiger partial charge in [-0.3, -0.25) is 9.78 Å². The molecule has 2 aliphatic rings. The fourth-order valence-electron chi connectivity index (χ4n) is 6.31. The van der Waals surface area contributed by atoms with Gasteiger partial charge in [0.15, 0.2) is 0 Å². The fourth-order valence-corrected chi connectivity index (χ4v) is 6.31. The van der Waals surface area contributed by atoms with E-state index in [0.29, 0.717) is 11.8 Å². The zero-order valence-corrected chi connectivity index (χ0v) is 19.2. The molecule has 1 aromatic carbocycles. The van der Waals surface area contributed by atoms with Gasteiger partial charge in [-0.1, -0.05) is 20.8 Å². The smallest absolute Gasteiger partial charge is 0.223 e. The second kappa shape index (κ2) is 7.03. The van der Waals surface area contributed by atoms with Crippen LogP contribution < -0.4 is 5.32 Å². The largest absolute Gasteiger partial charge is 0.351 e. The maximum atomic E-state index is 14.0. The van der Waals surface area contributed by atoms with Crippen LogP contribution in [0.5, 0.6) is 0 Å². The number of nitrogens with zero attached hydrogens (tertiary/aromatic N) is 1. The summed E-state index contributed by atoms with van der Waals surface area (Å²) in [5, 5.41) is 4.11. The summed E-state index contributed by atoms with van der Waals surface area (Å²) >= 11 is 0. The lowest BCUT2D eigenvalue weighted by atomic mass is 9.71. The van der Waals surface area contributed by atoms with E-state index in [1.165, 1.54) is 11.6 Å². The summed E-state index contributed by atoms with van der Waals surface area (Å²) in [6, 6.07) is 6.98. The minimum absolute atomic E-state index is 0.0257. The third-order valence-corrected chi connectivity index (χ3v) is 8.07. The number of carbonyl (C=O) groups is 1. The molecule has 2 aliphatic carbocycles. The van der Waals surface area contributed by atoms with Gasteiger partial charge in [0.1, 0.15) is 5.82 Å². The van der Waals surface area contributed by atoms with Gasteiger partial charge in [0.05, 0.1) is 5.52 Å². The minimum atomic E-state index is -0.203. The molecule has 30 heavy (non-hydrogen) atoms. The van der Waals surface area contributed by atoms with Crippen LogP contribution in [0.25, 0.3) is 10.9 Å². The van der Waals surface area contributed by atoms with E-state index >= 15 is 0 Å². The number of amides is 1. The van der Waals surface area contributed by atoms with Crippen LogP contribution in [-0.2, 0) is 4.79 Å². The lowest BCUT2D eigenvalue weighted by molar-refractivity contribution is -0.127. The predicted octanol–water partition coefficient (Wildman–Crippen LogP) is 6.22. The first-order chi connectivity index (χ1) is 13.9. The van der Waals surface area contributed by atoms with Crippen LogP contribution in [0.3, 0.4) is 0 Å². The van der Waals surface area contributed by atoms with Crippen molar-refractivity contribution in [1.82, 2.24) is 10.3 Å². The Kier molecular flexibility index (Phi) is 4.99. The Morgan fingerprint density at radius 3 is 2.37 bits per heavy atom. The first-order valence-corrected chi connectivity index (χ1v) is 11.3. The highest BCUT2D eigenvalue weighted by atomic mass is 19.1. The van der Waals surface area contributed by atoms with Crippen LogP contribution in [-0.4, -0.2) is 16.4 Å². The Morgan fingerprint density at radius 1 is 1.13 bits per heavy atom. The zero-order chi connectivity index (χ0) is 21.9. The van der Waals surface area contributed by atoms with Crippen molar-refractivity contribution in [2.24, 2.45) is 22.7 Å². The molecule has 0 spiro atoms. The molecule has 1 heterocycles. The summed E-state index contributed by atoms with van der Waals surface area (Å²) in [4.78, 5) is 17.2. The number of benzene rings is 1. The highest BCUT2D eigenvalue weighted by Crippen LogP contribution is 2.68. The molecule has 2 aromatic rings. The summed E-state index contributed by atoms with van der Waals surface area (Å²) in [5.74, 6) is 0.817. The summed E-state index contributed by atoms with van der Waals surface area (Å²) in [6.07, 6.45) is 6.19. The Balaban J connectivity index is 1.56. The van der Waals surface area contributed by atoms with E-state index in [1.54, 1.807) is 12.1 Å². The lowest BCUT2D eigenvalue weighted by Crippen LogP contribution is -2.44. The number of rotatable bonds is 3. The van der Waals surface area contributed by atoms with E-state index in [1.807, 2.05) is 27.0 Å². The van der Waals surface area contributed by atoms with Gasteiger partial charge in [0.2, 0.25) is 5.91 Å². The van der Waals surface area contributed by atoms with Crippen molar-refractivity contribution in [3.8, 4) is 0 Å². The maximum absolute atomic E-state index is 14.0. The molecule has 2 saturated carbocycles. The third-order valence-electron chi connectivity index (χ3n) is 8.07. The van der Waals surface area contributed by atoms with Crippen molar-refractivity contribution in [2.75, 3.05) is 0 Å². The molecule has 1 aromatic heterocycles. The van der Waals surface area contributed by atoms with E-state index in [9.17, 15) is 9.18 Å². The van der Waals surface area contributed by atoms with Crippen LogP contribution in [0.1, 0.15) is 78.7 Å². The molecule has 2 fully saturated rings.